The summed E-state index contributed by atoms with van der Waals surface area (Å²) in [5.41, 5.74) is 0.993. The molecule has 0 fully saturated rings. The van der Waals surface area contributed by atoms with Gasteiger partial charge in [-0.25, -0.2) is 0 Å². The minimum Gasteiger partial charge on any atom is -0.465 e. The summed E-state index contributed by atoms with van der Waals surface area (Å²) in [5.74, 6) is 0.966. The molecule has 10 heavy (non-hydrogen) atoms. The van der Waals surface area contributed by atoms with Crippen LogP contribution in [-0.2, 0) is 11.2 Å². The first-order valence-corrected chi connectivity index (χ1v) is 3.13. The summed E-state index contributed by atoms with van der Waals surface area (Å²) in [7, 11) is 0. The highest BCUT2D eigenvalue weighted by Gasteiger charge is 2.11. The summed E-state index contributed by atoms with van der Waals surface area (Å²) in [5, 5.41) is 0. The molecule has 0 atom stereocenters. The van der Waals surface area contributed by atoms with Gasteiger partial charge in [-0.2, -0.15) is 0 Å². The lowest BCUT2D eigenvalue weighted by molar-refractivity contribution is -0.114. The SMILES string of the molecule is O=C1C=Cc2occc2C1. The third kappa shape index (κ3) is 0.692. The number of fused-ring (bicyclic) bond motifs is 1. The Morgan fingerprint density at radius 3 is 3.20 bits per heavy atom. The number of hydrogen-bond donors (Lipinski definition) is 0. The summed E-state index contributed by atoms with van der Waals surface area (Å²) >= 11 is 0. The van der Waals surface area contributed by atoms with Crippen molar-refractivity contribution in [2.24, 2.45) is 0 Å². The summed E-state index contributed by atoms with van der Waals surface area (Å²) in [6, 6.07) is 1.83. The van der Waals surface area contributed by atoms with Gasteiger partial charge in [0.2, 0.25) is 0 Å². The molecule has 50 valence electrons. The van der Waals surface area contributed by atoms with Gasteiger partial charge in [0.1, 0.15) is 5.76 Å². The zero-order chi connectivity index (χ0) is 6.97. The minimum absolute atomic E-state index is 0.147. The van der Waals surface area contributed by atoms with Crippen LogP contribution in [0.15, 0.2) is 22.8 Å². The molecule has 0 amide bonds. The second kappa shape index (κ2) is 1.84. The zero-order valence-electron chi connectivity index (χ0n) is 5.33. The van der Waals surface area contributed by atoms with Crippen LogP contribution in [0, 0.1) is 0 Å². The van der Waals surface area contributed by atoms with Crippen molar-refractivity contribution in [2.75, 3.05) is 0 Å². The Kier molecular flexibility index (Phi) is 1.01. The number of rotatable bonds is 0. The highest BCUT2D eigenvalue weighted by atomic mass is 16.3. The maximum atomic E-state index is 10.8. The first-order valence-electron chi connectivity index (χ1n) is 3.13. The van der Waals surface area contributed by atoms with E-state index in [9.17, 15) is 4.79 Å². The van der Waals surface area contributed by atoms with Gasteiger partial charge in [-0.15, -0.1) is 0 Å². The van der Waals surface area contributed by atoms with Crippen LogP contribution in [0.5, 0.6) is 0 Å². The maximum absolute atomic E-state index is 10.8. The smallest absolute Gasteiger partial charge is 0.160 e. The normalized spacial score (nSPS) is 15.4. The molecule has 1 aliphatic carbocycles. The number of allylic oxidation sites excluding steroid dienone is 1. The minimum atomic E-state index is 0.147. The highest BCUT2D eigenvalue weighted by molar-refractivity contribution is 5.97. The molecule has 1 aromatic heterocycles. The molecular formula is C8H6O2. The van der Waals surface area contributed by atoms with Gasteiger partial charge in [0.25, 0.3) is 0 Å². The molecule has 2 heteroatoms. The van der Waals surface area contributed by atoms with E-state index >= 15 is 0 Å². The van der Waals surface area contributed by atoms with E-state index in [1.165, 1.54) is 0 Å². The summed E-state index contributed by atoms with van der Waals surface area (Å²) < 4.78 is 5.07. The molecule has 0 saturated heterocycles. The van der Waals surface area contributed by atoms with Crippen LogP contribution in [0.25, 0.3) is 6.08 Å². The van der Waals surface area contributed by atoms with Gasteiger partial charge in [0.15, 0.2) is 5.78 Å². The van der Waals surface area contributed by atoms with Crippen molar-refractivity contribution in [1.82, 2.24) is 0 Å². The Morgan fingerprint density at radius 1 is 1.40 bits per heavy atom. The van der Waals surface area contributed by atoms with Crippen molar-refractivity contribution in [3.63, 3.8) is 0 Å². The van der Waals surface area contributed by atoms with Crippen LogP contribution >= 0.6 is 0 Å². The van der Waals surface area contributed by atoms with E-state index in [0.717, 1.165) is 11.3 Å². The first kappa shape index (κ1) is 5.47. The fraction of sp³-hybridized carbons (Fsp3) is 0.125. The fourth-order valence-corrected chi connectivity index (χ4v) is 1.05. The van der Waals surface area contributed by atoms with Crippen molar-refractivity contribution >= 4 is 11.9 Å². The average Bonchev–Trinajstić information content (AvgIpc) is 2.33. The average molecular weight is 134 g/mol. The molecule has 0 aromatic carbocycles. The van der Waals surface area contributed by atoms with Gasteiger partial charge < -0.3 is 4.42 Å². The van der Waals surface area contributed by atoms with E-state index in [-0.39, 0.29) is 5.78 Å². The second-order valence-corrected chi connectivity index (χ2v) is 2.29. The molecule has 2 rings (SSSR count). The first-order chi connectivity index (χ1) is 4.86. The molecule has 0 spiro atoms. The molecule has 0 N–H and O–H groups in total. The van der Waals surface area contributed by atoms with Gasteiger partial charge in [-0.3, -0.25) is 4.79 Å². The quantitative estimate of drug-likeness (QED) is 0.537. The Bertz CT molecular complexity index is 294. The third-order valence-electron chi connectivity index (χ3n) is 1.57. The predicted molar refractivity (Wildman–Crippen MR) is 36.5 cm³/mol. The van der Waals surface area contributed by atoms with Crippen molar-refractivity contribution in [3.8, 4) is 0 Å². The summed E-state index contributed by atoms with van der Waals surface area (Å²) in [4.78, 5) is 10.8. The number of ketones is 1. The Hall–Kier alpha value is -1.31. The second-order valence-electron chi connectivity index (χ2n) is 2.29. The van der Waals surface area contributed by atoms with Crippen molar-refractivity contribution in [2.45, 2.75) is 6.42 Å². The molecule has 0 radical (unpaired) electrons. The van der Waals surface area contributed by atoms with E-state index in [4.69, 9.17) is 4.42 Å². The standard InChI is InChI=1S/C8H6O2/c9-7-1-2-8-6(5-7)3-4-10-8/h1-4H,5H2. The largest absolute Gasteiger partial charge is 0.465 e. The molecule has 0 saturated carbocycles. The Morgan fingerprint density at radius 2 is 2.30 bits per heavy atom. The number of furan rings is 1. The fourth-order valence-electron chi connectivity index (χ4n) is 1.05. The zero-order valence-corrected chi connectivity index (χ0v) is 5.33. The lowest BCUT2D eigenvalue weighted by Gasteiger charge is -1.99. The van der Waals surface area contributed by atoms with Gasteiger partial charge in [-0.1, -0.05) is 0 Å². The maximum Gasteiger partial charge on any atom is 0.160 e. The summed E-state index contributed by atoms with van der Waals surface area (Å²) in [6.45, 7) is 0. The number of carbonyl (C=O) groups is 1. The topological polar surface area (TPSA) is 30.2 Å². The van der Waals surface area contributed by atoms with Gasteiger partial charge in [-0.05, 0) is 18.2 Å². The van der Waals surface area contributed by atoms with Crippen LogP contribution in [-0.4, -0.2) is 5.78 Å². The molecular weight excluding hydrogens is 128 g/mol. The predicted octanol–water partition coefficient (Wildman–Crippen LogP) is 1.42. The van der Waals surface area contributed by atoms with Crippen LogP contribution in [0.3, 0.4) is 0 Å². The van der Waals surface area contributed by atoms with E-state index < -0.39 is 0 Å². The number of hydrogen-bond acceptors (Lipinski definition) is 2. The van der Waals surface area contributed by atoms with E-state index in [1.807, 2.05) is 6.07 Å². The number of carbonyl (C=O) groups excluding carboxylic acids is 1. The van der Waals surface area contributed by atoms with E-state index in [0.29, 0.717) is 6.42 Å². The van der Waals surface area contributed by atoms with Gasteiger partial charge in [0.05, 0.1) is 6.26 Å². The van der Waals surface area contributed by atoms with E-state index in [2.05, 4.69) is 0 Å². The molecule has 1 aliphatic rings. The molecule has 0 aliphatic heterocycles. The molecule has 1 aromatic rings. The molecule has 0 unspecified atom stereocenters. The Balaban J connectivity index is 2.52. The van der Waals surface area contributed by atoms with Gasteiger partial charge >= 0.3 is 0 Å². The van der Waals surface area contributed by atoms with E-state index in [1.54, 1.807) is 18.4 Å². The summed E-state index contributed by atoms with van der Waals surface area (Å²) in [6.07, 6.45) is 5.35. The van der Waals surface area contributed by atoms with Crippen molar-refractivity contribution in [3.05, 3.63) is 29.7 Å². The van der Waals surface area contributed by atoms with Crippen LogP contribution < -0.4 is 0 Å². The molecule has 2 nitrogen and oxygen atoms in total. The lowest BCUT2D eigenvalue weighted by atomic mass is 10.0. The third-order valence-corrected chi connectivity index (χ3v) is 1.57. The highest BCUT2D eigenvalue weighted by Crippen LogP contribution is 2.17. The van der Waals surface area contributed by atoms with Crippen LogP contribution in [0.2, 0.25) is 0 Å². The molecule has 1 heterocycles. The van der Waals surface area contributed by atoms with Crippen molar-refractivity contribution in [1.29, 1.82) is 0 Å². The lowest BCUT2D eigenvalue weighted by Crippen LogP contribution is -2.02. The monoisotopic (exact) mass is 134 g/mol. The van der Waals surface area contributed by atoms with Crippen LogP contribution in [0.4, 0.5) is 0 Å². The van der Waals surface area contributed by atoms with Crippen LogP contribution in [0.1, 0.15) is 11.3 Å². The van der Waals surface area contributed by atoms with Gasteiger partial charge in [0, 0.05) is 12.0 Å². The van der Waals surface area contributed by atoms with Crippen molar-refractivity contribution < 1.29 is 9.21 Å². The molecule has 0 bridgehead atoms. The Labute approximate surface area is 58.2 Å².